The Kier molecular flexibility index (Phi) is 7.21. The Bertz CT molecular complexity index is 2440. The number of aromatic nitrogens is 3. The molecule has 0 radical (unpaired) electrons. The molecular weight excluding hydrogens is 623 g/mol. The highest BCUT2D eigenvalue weighted by molar-refractivity contribution is 7.18. The highest BCUT2D eigenvalue weighted by atomic mass is 32.1. The number of fused-ring (bicyclic) bond motifs is 5. The number of para-hydroxylation sites is 2. The van der Waals surface area contributed by atoms with E-state index >= 15 is 0 Å². The van der Waals surface area contributed by atoms with Gasteiger partial charge in [0.1, 0.15) is 16.8 Å². The van der Waals surface area contributed by atoms with E-state index in [0.29, 0.717) is 0 Å². The molecule has 7 rings (SSSR count). The summed E-state index contributed by atoms with van der Waals surface area (Å²) in [4.78, 5) is 5.02. The van der Waals surface area contributed by atoms with Crippen LogP contribution in [0.2, 0.25) is 19.6 Å². The van der Waals surface area contributed by atoms with E-state index in [4.69, 9.17) is 9.40 Å². The molecule has 0 N–H and O–H groups in total. The normalized spacial score (nSPS) is 14.0. The third-order valence-corrected chi connectivity index (χ3v) is 11.9. The molecule has 7 aromatic rings. The standard InChI is InChI=1S/C42H50N3OSSi/c1-24(2)29-19-27(23-48(10,11)12)20-30(25(3)4)38(29)45-34-16-14-13-15-33(34)44(9)40(45)37-26(5)17-18-28-31-21-36-32(22-35(31)46-39(28)37)43-41(47-36)42(6,7)8/h13-22,24-25H,23H2,1-12H3/q+1/i23D2. The van der Waals surface area contributed by atoms with Crippen LogP contribution in [0, 0.1) is 6.92 Å². The summed E-state index contributed by atoms with van der Waals surface area (Å²) < 4.78 is 31.5. The average Bonchev–Trinajstić information content (AvgIpc) is 3.70. The van der Waals surface area contributed by atoms with Gasteiger partial charge < -0.3 is 4.42 Å². The maximum atomic E-state index is 9.34. The largest absolute Gasteiger partial charge is 0.455 e. The lowest BCUT2D eigenvalue weighted by Gasteiger charge is -2.23. The fraction of sp³-hybridized carbons (Fsp3) is 0.381. The Morgan fingerprint density at radius 3 is 2.23 bits per heavy atom. The molecule has 0 atom stereocenters. The van der Waals surface area contributed by atoms with Crippen molar-refractivity contribution in [3.05, 3.63) is 87.9 Å². The number of hydrogen-bond acceptors (Lipinski definition) is 3. The number of hydrogen-bond donors (Lipinski definition) is 0. The Labute approximate surface area is 293 Å². The lowest BCUT2D eigenvalue weighted by atomic mass is 9.90. The summed E-state index contributed by atoms with van der Waals surface area (Å²) in [5.74, 6) is 0.00661. The van der Waals surface area contributed by atoms with Gasteiger partial charge in [0, 0.05) is 44.2 Å². The lowest BCUT2D eigenvalue weighted by molar-refractivity contribution is -0.633. The number of aryl methyl sites for hydroxylation is 2. The third kappa shape index (κ3) is 5.41. The molecule has 0 unspecified atom stereocenters. The molecular formula is C42H50N3OSSi+. The molecule has 0 saturated heterocycles. The van der Waals surface area contributed by atoms with Crippen molar-refractivity contribution in [2.75, 3.05) is 0 Å². The van der Waals surface area contributed by atoms with Gasteiger partial charge in [-0.25, -0.2) is 9.55 Å². The SMILES string of the molecule is [2H]C([2H])(c1cc(C(C)C)c(-n2c(-c3c(C)ccc4c3oc3cc5nc(C(C)(C)C)sc5cc34)[n+](C)c3ccccc32)c(C(C)C)c1)[Si](C)(C)C. The molecule has 0 saturated carbocycles. The van der Waals surface area contributed by atoms with Crippen molar-refractivity contribution >= 4 is 62.6 Å². The van der Waals surface area contributed by atoms with E-state index in [1.807, 2.05) is 0 Å². The van der Waals surface area contributed by atoms with E-state index in [9.17, 15) is 2.74 Å². The van der Waals surface area contributed by atoms with Crippen molar-refractivity contribution in [1.29, 1.82) is 0 Å². The molecule has 48 heavy (non-hydrogen) atoms. The summed E-state index contributed by atoms with van der Waals surface area (Å²) >= 11 is 1.77. The lowest BCUT2D eigenvalue weighted by Crippen LogP contribution is -2.30. The second-order valence-electron chi connectivity index (χ2n) is 16.2. The summed E-state index contributed by atoms with van der Waals surface area (Å²) in [6.45, 7) is 24.1. The molecule has 0 aliphatic heterocycles. The summed E-state index contributed by atoms with van der Waals surface area (Å²) in [6.07, 6.45) is 0. The molecule has 4 aromatic carbocycles. The van der Waals surface area contributed by atoms with Gasteiger partial charge in [0.2, 0.25) is 0 Å². The molecule has 0 aliphatic rings. The fourth-order valence-electron chi connectivity index (χ4n) is 7.10. The van der Waals surface area contributed by atoms with E-state index in [1.54, 1.807) is 11.3 Å². The van der Waals surface area contributed by atoms with Gasteiger partial charge in [0.25, 0.3) is 5.82 Å². The molecule has 0 fully saturated rings. The van der Waals surface area contributed by atoms with Gasteiger partial charge in [-0.1, -0.05) is 105 Å². The minimum absolute atomic E-state index is 0.0152. The van der Waals surface area contributed by atoms with Crippen LogP contribution in [0.1, 0.15) is 90.3 Å². The van der Waals surface area contributed by atoms with E-state index in [-0.39, 0.29) is 17.3 Å². The zero-order valence-electron chi connectivity index (χ0n) is 32.6. The molecule has 0 spiro atoms. The van der Waals surface area contributed by atoms with Crippen LogP contribution in [0.25, 0.3) is 60.3 Å². The van der Waals surface area contributed by atoms with Crippen LogP contribution in [-0.4, -0.2) is 17.6 Å². The van der Waals surface area contributed by atoms with Crippen LogP contribution in [0.3, 0.4) is 0 Å². The Morgan fingerprint density at radius 1 is 0.938 bits per heavy atom. The van der Waals surface area contributed by atoms with Crippen LogP contribution in [0.4, 0.5) is 0 Å². The third-order valence-electron chi connectivity index (χ3n) is 9.39. The summed E-state index contributed by atoms with van der Waals surface area (Å²) in [5, 5.41) is 3.33. The molecule has 248 valence electrons. The maximum Gasteiger partial charge on any atom is 0.299 e. The first-order chi connectivity index (χ1) is 23.3. The van der Waals surface area contributed by atoms with Crippen molar-refractivity contribution < 1.29 is 11.7 Å². The summed E-state index contributed by atoms with van der Waals surface area (Å²) in [5.41, 5.74) is 11.4. The Balaban J connectivity index is 1.60. The van der Waals surface area contributed by atoms with Crippen molar-refractivity contribution in [1.82, 2.24) is 9.55 Å². The van der Waals surface area contributed by atoms with Gasteiger partial charge in [-0.3, -0.25) is 0 Å². The minimum Gasteiger partial charge on any atom is -0.455 e. The number of thiazole rings is 1. The second-order valence-corrected chi connectivity index (χ2v) is 22.0. The molecule has 3 heterocycles. The van der Waals surface area contributed by atoms with E-state index in [1.165, 1.54) is 4.70 Å². The summed E-state index contributed by atoms with van der Waals surface area (Å²) in [6, 6.07) is 21.8. The van der Waals surface area contributed by atoms with E-state index in [2.05, 4.69) is 152 Å². The average molecular weight is 675 g/mol. The van der Waals surface area contributed by atoms with E-state index < -0.39 is 14.1 Å². The predicted octanol–water partition coefficient (Wildman–Crippen LogP) is 11.9. The monoisotopic (exact) mass is 674 g/mol. The van der Waals surface area contributed by atoms with Crippen LogP contribution in [-0.2, 0) is 18.5 Å². The van der Waals surface area contributed by atoms with Gasteiger partial charge in [0.15, 0.2) is 16.6 Å². The predicted molar refractivity (Wildman–Crippen MR) is 209 cm³/mol. The molecule has 3 aromatic heterocycles. The molecule has 0 amide bonds. The smallest absolute Gasteiger partial charge is 0.299 e. The number of rotatable bonds is 6. The van der Waals surface area contributed by atoms with Crippen LogP contribution in [0.5, 0.6) is 0 Å². The highest BCUT2D eigenvalue weighted by Gasteiger charge is 2.34. The van der Waals surface area contributed by atoms with Gasteiger partial charge >= 0.3 is 0 Å². The minimum atomic E-state index is -2.22. The van der Waals surface area contributed by atoms with Crippen molar-refractivity contribution in [3.63, 3.8) is 0 Å². The maximum absolute atomic E-state index is 9.34. The van der Waals surface area contributed by atoms with Crippen molar-refractivity contribution in [2.24, 2.45) is 7.05 Å². The first-order valence-corrected chi connectivity index (χ1v) is 21.6. The first kappa shape index (κ1) is 30.3. The molecule has 6 heteroatoms. The zero-order valence-corrected chi connectivity index (χ0v) is 32.4. The highest BCUT2D eigenvalue weighted by Crippen LogP contribution is 2.43. The van der Waals surface area contributed by atoms with Crippen molar-refractivity contribution in [3.8, 4) is 17.1 Å². The molecule has 0 aliphatic carbocycles. The zero-order chi connectivity index (χ0) is 36.2. The van der Waals surface area contributed by atoms with Gasteiger partial charge in [-0.05, 0) is 54.1 Å². The van der Waals surface area contributed by atoms with E-state index in [0.717, 1.165) is 82.8 Å². The number of furan rings is 1. The van der Waals surface area contributed by atoms with Crippen molar-refractivity contribution in [2.45, 2.75) is 98.3 Å². The number of benzene rings is 4. The van der Waals surface area contributed by atoms with Gasteiger partial charge in [0.05, 0.1) is 22.3 Å². The topological polar surface area (TPSA) is 34.8 Å². The number of nitrogens with zero attached hydrogens (tertiary/aromatic N) is 3. The molecule has 0 bridgehead atoms. The molecule has 4 nitrogen and oxygen atoms in total. The Hall–Kier alpha value is -3.74. The summed E-state index contributed by atoms with van der Waals surface area (Å²) in [7, 11) is -0.0569. The first-order valence-electron chi connectivity index (χ1n) is 18.3. The van der Waals surface area contributed by atoms with Crippen LogP contribution < -0.4 is 4.57 Å². The fourth-order valence-corrected chi connectivity index (χ4v) is 9.16. The van der Waals surface area contributed by atoms with Gasteiger partial charge in [-0.15, -0.1) is 11.3 Å². The van der Waals surface area contributed by atoms with Gasteiger partial charge in [-0.2, -0.15) is 4.57 Å². The number of imidazole rings is 1. The second kappa shape index (κ2) is 11.4. The quantitative estimate of drug-likeness (QED) is 0.130. The van der Waals surface area contributed by atoms with Crippen LogP contribution >= 0.6 is 11.3 Å². The Morgan fingerprint density at radius 2 is 1.60 bits per heavy atom. The van der Waals surface area contributed by atoms with Crippen LogP contribution in [0.15, 0.2) is 65.1 Å².